The molecule has 1 atom stereocenters. The molecule has 0 aliphatic rings. The van der Waals surface area contributed by atoms with Gasteiger partial charge in [-0.15, -0.1) is 0 Å². The summed E-state index contributed by atoms with van der Waals surface area (Å²) < 4.78 is 10.5. The molecule has 20 heavy (non-hydrogen) atoms. The van der Waals surface area contributed by atoms with Crippen LogP contribution < -0.4 is 14.8 Å². The highest BCUT2D eigenvalue weighted by Gasteiger charge is 2.14. The number of rotatable bonds is 6. The summed E-state index contributed by atoms with van der Waals surface area (Å²) in [6.45, 7) is 2.81. The monoisotopic (exact) mass is 311 g/mol. The third kappa shape index (κ3) is 3.26. The van der Waals surface area contributed by atoms with E-state index in [0.29, 0.717) is 23.1 Å². The predicted molar refractivity (Wildman–Crippen MR) is 84.1 cm³/mol. The Labute approximate surface area is 128 Å². The van der Waals surface area contributed by atoms with Gasteiger partial charge in [0.2, 0.25) is 0 Å². The highest BCUT2D eigenvalue weighted by atomic mass is 35.5. The maximum Gasteiger partial charge on any atom is 0.179 e. The quantitative estimate of drug-likeness (QED) is 0.864. The van der Waals surface area contributed by atoms with E-state index in [-0.39, 0.29) is 6.04 Å². The lowest BCUT2D eigenvalue weighted by Gasteiger charge is -2.16. The van der Waals surface area contributed by atoms with Crippen LogP contribution in [0, 0.1) is 0 Å². The maximum absolute atomic E-state index is 6.36. The van der Waals surface area contributed by atoms with E-state index >= 15 is 0 Å². The van der Waals surface area contributed by atoms with Crippen LogP contribution in [0.3, 0.4) is 0 Å². The Morgan fingerprint density at radius 3 is 2.65 bits per heavy atom. The van der Waals surface area contributed by atoms with E-state index in [0.717, 1.165) is 5.56 Å². The number of ether oxygens (including phenoxy) is 2. The van der Waals surface area contributed by atoms with Crippen molar-refractivity contribution in [1.29, 1.82) is 0 Å². The van der Waals surface area contributed by atoms with E-state index in [1.165, 1.54) is 5.56 Å². The number of thiophene rings is 1. The molecule has 0 saturated heterocycles. The fraction of sp³-hybridized carbons (Fsp3) is 0.333. The van der Waals surface area contributed by atoms with Crippen LogP contribution in [-0.4, -0.2) is 14.2 Å². The molecule has 1 unspecified atom stereocenters. The Kier molecular flexibility index (Phi) is 5.29. The Morgan fingerprint density at radius 1 is 1.25 bits per heavy atom. The van der Waals surface area contributed by atoms with E-state index in [9.17, 15) is 0 Å². The van der Waals surface area contributed by atoms with Gasteiger partial charge in [-0.05, 0) is 40.9 Å². The average molecular weight is 312 g/mol. The summed E-state index contributed by atoms with van der Waals surface area (Å²) in [5.74, 6) is 1.23. The Morgan fingerprint density at radius 2 is 2.05 bits per heavy atom. The molecule has 1 aromatic heterocycles. The SMILES string of the molecule is COc1ccc(CNC(C)c2ccsc2)c(Cl)c1OC. The lowest BCUT2D eigenvalue weighted by atomic mass is 10.1. The van der Waals surface area contributed by atoms with Crippen molar-refractivity contribution >= 4 is 22.9 Å². The molecular weight excluding hydrogens is 294 g/mol. The summed E-state index contributed by atoms with van der Waals surface area (Å²) in [6.07, 6.45) is 0. The zero-order valence-electron chi connectivity index (χ0n) is 11.8. The fourth-order valence-corrected chi connectivity index (χ4v) is 3.02. The molecule has 0 spiro atoms. The van der Waals surface area contributed by atoms with Crippen molar-refractivity contribution in [3.63, 3.8) is 0 Å². The molecule has 0 fully saturated rings. The van der Waals surface area contributed by atoms with Crippen molar-refractivity contribution in [2.75, 3.05) is 14.2 Å². The predicted octanol–water partition coefficient (Wildman–Crippen LogP) is 4.27. The highest BCUT2D eigenvalue weighted by Crippen LogP contribution is 2.37. The first-order chi connectivity index (χ1) is 9.67. The number of halogens is 1. The summed E-state index contributed by atoms with van der Waals surface area (Å²) in [4.78, 5) is 0. The Hall–Kier alpha value is -1.23. The molecule has 1 N–H and O–H groups in total. The molecular formula is C15H18ClNO2S. The Balaban J connectivity index is 2.10. The molecule has 0 saturated carbocycles. The second kappa shape index (κ2) is 6.97. The number of hydrogen-bond acceptors (Lipinski definition) is 4. The van der Waals surface area contributed by atoms with Gasteiger partial charge in [-0.1, -0.05) is 17.7 Å². The molecule has 0 aliphatic carbocycles. The van der Waals surface area contributed by atoms with Crippen molar-refractivity contribution < 1.29 is 9.47 Å². The smallest absolute Gasteiger partial charge is 0.179 e. The molecule has 1 heterocycles. The van der Waals surface area contributed by atoms with Crippen LogP contribution in [0.2, 0.25) is 5.02 Å². The minimum absolute atomic E-state index is 0.283. The summed E-state index contributed by atoms with van der Waals surface area (Å²) >= 11 is 8.06. The standard InChI is InChI=1S/C15H18ClNO2S/c1-10(12-6-7-20-9-12)17-8-11-4-5-13(18-2)15(19-3)14(11)16/h4-7,9-10,17H,8H2,1-3H3. The number of hydrogen-bond donors (Lipinski definition) is 1. The summed E-state index contributed by atoms with van der Waals surface area (Å²) in [5, 5.41) is 8.28. The zero-order valence-corrected chi connectivity index (χ0v) is 13.3. The van der Waals surface area contributed by atoms with Gasteiger partial charge >= 0.3 is 0 Å². The van der Waals surface area contributed by atoms with E-state index in [1.807, 2.05) is 12.1 Å². The summed E-state index contributed by atoms with van der Waals surface area (Å²) in [6, 6.07) is 6.23. The first kappa shape index (κ1) is 15.2. The van der Waals surface area contributed by atoms with Crippen molar-refractivity contribution in [3.8, 4) is 11.5 Å². The van der Waals surface area contributed by atoms with Crippen LogP contribution >= 0.6 is 22.9 Å². The molecule has 0 amide bonds. The third-order valence-corrected chi connectivity index (χ3v) is 4.32. The minimum Gasteiger partial charge on any atom is -0.493 e. The molecule has 5 heteroatoms. The van der Waals surface area contributed by atoms with Gasteiger partial charge in [0.1, 0.15) is 0 Å². The molecule has 0 bridgehead atoms. The van der Waals surface area contributed by atoms with E-state index < -0.39 is 0 Å². The third-order valence-electron chi connectivity index (χ3n) is 3.21. The number of methoxy groups -OCH3 is 2. The van der Waals surface area contributed by atoms with Crippen molar-refractivity contribution in [3.05, 3.63) is 45.1 Å². The van der Waals surface area contributed by atoms with E-state index in [1.54, 1.807) is 25.6 Å². The molecule has 2 rings (SSSR count). The van der Waals surface area contributed by atoms with Gasteiger partial charge in [0, 0.05) is 12.6 Å². The van der Waals surface area contributed by atoms with Gasteiger partial charge < -0.3 is 14.8 Å². The lowest BCUT2D eigenvalue weighted by Crippen LogP contribution is -2.17. The van der Waals surface area contributed by atoms with E-state index in [2.05, 4.69) is 29.1 Å². The normalized spacial score (nSPS) is 12.2. The maximum atomic E-state index is 6.36. The van der Waals surface area contributed by atoms with Crippen LogP contribution in [-0.2, 0) is 6.54 Å². The van der Waals surface area contributed by atoms with Crippen molar-refractivity contribution in [2.24, 2.45) is 0 Å². The second-order valence-corrected chi connectivity index (χ2v) is 5.59. The van der Waals surface area contributed by atoms with Crippen LogP contribution in [0.25, 0.3) is 0 Å². The number of nitrogens with one attached hydrogen (secondary N) is 1. The second-order valence-electron chi connectivity index (χ2n) is 4.43. The first-order valence-electron chi connectivity index (χ1n) is 6.32. The van der Waals surface area contributed by atoms with Crippen LogP contribution in [0.4, 0.5) is 0 Å². The van der Waals surface area contributed by atoms with Gasteiger partial charge in [-0.3, -0.25) is 0 Å². The molecule has 108 valence electrons. The highest BCUT2D eigenvalue weighted by molar-refractivity contribution is 7.07. The van der Waals surface area contributed by atoms with Gasteiger partial charge in [-0.25, -0.2) is 0 Å². The van der Waals surface area contributed by atoms with Crippen LogP contribution in [0.5, 0.6) is 11.5 Å². The molecule has 0 aliphatic heterocycles. The van der Waals surface area contributed by atoms with Gasteiger partial charge in [-0.2, -0.15) is 11.3 Å². The van der Waals surface area contributed by atoms with Crippen molar-refractivity contribution in [2.45, 2.75) is 19.5 Å². The summed E-state index contributed by atoms with van der Waals surface area (Å²) in [5.41, 5.74) is 2.28. The Bertz CT molecular complexity index is 557. The molecule has 1 aromatic carbocycles. The average Bonchev–Trinajstić information content (AvgIpc) is 2.99. The van der Waals surface area contributed by atoms with E-state index in [4.69, 9.17) is 21.1 Å². The first-order valence-corrected chi connectivity index (χ1v) is 7.64. The van der Waals surface area contributed by atoms with Crippen LogP contribution in [0.1, 0.15) is 24.1 Å². The molecule has 2 aromatic rings. The van der Waals surface area contributed by atoms with Gasteiger partial charge in [0.15, 0.2) is 11.5 Å². The van der Waals surface area contributed by atoms with Gasteiger partial charge in [0.05, 0.1) is 19.2 Å². The molecule has 3 nitrogen and oxygen atoms in total. The molecule has 0 radical (unpaired) electrons. The largest absolute Gasteiger partial charge is 0.493 e. The number of benzene rings is 1. The van der Waals surface area contributed by atoms with Crippen LogP contribution in [0.15, 0.2) is 29.0 Å². The minimum atomic E-state index is 0.283. The topological polar surface area (TPSA) is 30.5 Å². The zero-order chi connectivity index (χ0) is 14.5. The fourth-order valence-electron chi connectivity index (χ4n) is 1.97. The lowest BCUT2D eigenvalue weighted by molar-refractivity contribution is 0.354. The van der Waals surface area contributed by atoms with Gasteiger partial charge in [0.25, 0.3) is 0 Å². The van der Waals surface area contributed by atoms with Crippen molar-refractivity contribution in [1.82, 2.24) is 5.32 Å². The summed E-state index contributed by atoms with van der Waals surface area (Å²) in [7, 11) is 3.19.